The van der Waals surface area contributed by atoms with Crippen LogP contribution in [0, 0.1) is 0 Å². The van der Waals surface area contributed by atoms with E-state index < -0.39 is 0 Å². The monoisotopic (exact) mass is 260 g/mol. The molecule has 2 heterocycles. The van der Waals surface area contributed by atoms with E-state index in [1.807, 2.05) is 0 Å². The molecule has 3 heteroatoms. The van der Waals surface area contributed by atoms with E-state index in [0.717, 1.165) is 32.8 Å². The molecule has 2 unspecified atom stereocenters. The summed E-state index contributed by atoms with van der Waals surface area (Å²) in [6, 6.07) is 11.4. The van der Waals surface area contributed by atoms with Gasteiger partial charge in [0.15, 0.2) is 0 Å². The molecule has 1 aromatic carbocycles. The summed E-state index contributed by atoms with van der Waals surface area (Å²) in [6.07, 6.45) is 2.49. The Labute approximate surface area is 115 Å². The van der Waals surface area contributed by atoms with E-state index in [1.165, 1.54) is 18.4 Å². The van der Waals surface area contributed by atoms with Crippen LogP contribution in [0.2, 0.25) is 0 Å². The maximum absolute atomic E-state index is 5.65. The van der Waals surface area contributed by atoms with Crippen LogP contribution in [0.25, 0.3) is 0 Å². The number of nitrogens with one attached hydrogen (secondary N) is 1. The summed E-state index contributed by atoms with van der Waals surface area (Å²) in [7, 11) is 0. The lowest BCUT2D eigenvalue weighted by Gasteiger charge is -2.45. The van der Waals surface area contributed by atoms with Crippen molar-refractivity contribution >= 4 is 0 Å². The van der Waals surface area contributed by atoms with Gasteiger partial charge in [0.05, 0.1) is 12.1 Å². The number of hydrogen-bond donors (Lipinski definition) is 1. The van der Waals surface area contributed by atoms with Crippen LogP contribution in [0.5, 0.6) is 0 Å². The minimum absolute atomic E-state index is 0.0664. The van der Waals surface area contributed by atoms with Gasteiger partial charge in [-0.3, -0.25) is 4.90 Å². The fourth-order valence-corrected chi connectivity index (χ4v) is 3.34. The van der Waals surface area contributed by atoms with Gasteiger partial charge in [0.1, 0.15) is 0 Å². The van der Waals surface area contributed by atoms with Crippen LogP contribution in [-0.4, -0.2) is 43.8 Å². The number of nitrogens with zero attached hydrogens (tertiary/aromatic N) is 1. The molecule has 2 atom stereocenters. The van der Waals surface area contributed by atoms with Gasteiger partial charge in [-0.15, -0.1) is 0 Å². The summed E-state index contributed by atoms with van der Waals surface area (Å²) in [5.41, 5.74) is 1.45. The van der Waals surface area contributed by atoms with Gasteiger partial charge in [-0.05, 0) is 25.3 Å². The van der Waals surface area contributed by atoms with Gasteiger partial charge in [-0.2, -0.15) is 0 Å². The predicted molar refractivity (Wildman–Crippen MR) is 77.2 cm³/mol. The minimum Gasteiger partial charge on any atom is -0.380 e. The van der Waals surface area contributed by atoms with E-state index in [4.69, 9.17) is 4.74 Å². The first-order valence-electron chi connectivity index (χ1n) is 7.40. The number of benzene rings is 1. The maximum atomic E-state index is 5.65. The first kappa shape index (κ1) is 13.1. The van der Waals surface area contributed by atoms with Crippen molar-refractivity contribution < 1.29 is 4.74 Å². The second-order valence-corrected chi connectivity index (χ2v) is 5.97. The molecule has 19 heavy (non-hydrogen) atoms. The van der Waals surface area contributed by atoms with E-state index in [9.17, 15) is 0 Å². The summed E-state index contributed by atoms with van der Waals surface area (Å²) >= 11 is 0. The Balaban J connectivity index is 1.73. The highest BCUT2D eigenvalue weighted by Gasteiger charge is 2.35. The van der Waals surface area contributed by atoms with Crippen LogP contribution in [0.15, 0.2) is 30.3 Å². The smallest absolute Gasteiger partial charge is 0.0621 e. The second kappa shape index (κ2) is 5.61. The van der Waals surface area contributed by atoms with Crippen LogP contribution in [0.1, 0.15) is 25.3 Å². The van der Waals surface area contributed by atoms with Crippen molar-refractivity contribution in [3.63, 3.8) is 0 Å². The number of rotatable bonds is 2. The zero-order valence-corrected chi connectivity index (χ0v) is 11.8. The van der Waals surface area contributed by atoms with Crippen LogP contribution in [-0.2, 0) is 10.3 Å². The minimum atomic E-state index is 0.0664. The fraction of sp³-hybridized carbons (Fsp3) is 0.625. The van der Waals surface area contributed by atoms with Crippen molar-refractivity contribution in [1.82, 2.24) is 10.2 Å². The van der Waals surface area contributed by atoms with Crippen molar-refractivity contribution in [3.8, 4) is 0 Å². The topological polar surface area (TPSA) is 24.5 Å². The molecule has 104 valence electrons. The van der Waals surface area contributed by atoms with Crippen molar-refractivity contribution in [2.45, 2.75) is 31.3 Å². The quantitative estimate of drug-likeness (QED) is 0.880. The molecular weight excluding hydrogens is 236 g/mol. The van der Waals surface area contributed by atoms with E-state index in [0.29, 0.717) is 6.04 Å². The third-order valence-corrected chi connectivity index (χ3v) is 4.50. The first-order chi connectivity index (χ1) is 9.28. The van der Waals surface area contributed by atoms with Crippen molar-refractivity contribution in [2.75, 3.05) is 32.8 Å². The molecule has 2 fully saturated rings. The van der Waals surface area contributed by atoms with Gasteiger partial charge >= 0.3 is 0 Å². The van der Waals surface area contributed by atoms with Gasteiger partial charge in [0.2, 0.25) is 0 Å². The Morgan fingerprint density at radius 3 is 2.89 bits per heavy atom. The Morgan fingerprint density at radius 2 is 2.16 bits per heavy atom. The maximum Gasteiger partial charge on any atom is 0.0621 e. The van der Waals surface area contributed by atoms with Crippen LogP contribution >= 0.6 is 0 Å². The van der Waals surface area contributed by atoms with E-state index in [-0.39, 0.29) is 5.54 Å². The van der Waals surface area contributed by atoms with E-state index in [1.54, 1.807) is 0 Å². The SMILES string of the molecule is CC1(c2ccccc2)CN(C2CCCOC2)CCN1. The number of piperazine rings is 1. The van der Waals surface area contributed by atoms with E-state index >= 15 is 0 Å². The highest BCUT2D eigenvalue weighted by atomic mass is 16.5. The van der Waals surface area contributed by atoms with Gasteiger partial charge in [-0.1, -0.05) is 30.3 Å². The average Bonchev–Trinajstić information content (AvgIpc) is 2.49. The lowest BCUT2D eigenvalue weighted by molar-refractivity contribution is -0.00388. The Kier molecular flexibility index (Phi) is 3.87. The largest absolute Gasteiger partial charge is 0.380 e. The molecule has 1 N–H and O–H groups in total. The third kappa shape index (κ3) is 2.83. The molecule has 0 bridgehead atoms. The summed E-state index contributed by atoms with van der Waals surface area (Å²) in [5.74, 6) is 0. The zero-order valence-electron chi connectivity index (χ0n) is 11.8. The lowest BCUT2D eigenvalue weighted by atomic mass is 9.88. The molecule has 0 aliphatic carbocycles. The Bertz CT molecular complexity index is 402. The zero-order chi connectivity index (χ0) is 13.1. The molecule has 3 rings (SSSR count). The van der Waals surface area contributed by atoms with Gasteiger partial charge in [0.25, 0.3) is 0 Å². The molecule has 2 aliphatic rings. The highest BCUT2D eigenvalue weighted by Crippen LogP contribution is 2.26. The Hall–Kier alpha value is -0.900. The van der Waals surface area contributed by atoms with Gasteiger partial charge in [-0.25, -0.2) is 0 Å². The van der Waals surface area contributed by atoms with Crippen LogP contribution in [0.3, 0.4) is 0 Å². The first-order valence-corrected chi connectivity index (χ1v) is 7.40. The fourth-order valence-electron chi connectivity index (χ4n) is 3.34. The molecule has 3 nitrogen and oxygen atoms in total. The van der Waals surface area contributed by atoms with E-state index in [2.05, 4.69) is 47.5 Å². The molecule has 0 saturated carbocycles. The second-order valence-electron chi connectivity index (χ2n) is 5.97. The molecule has 2 aliphatic heterocycles. The van der Waals surface area contributed by atoms with Gasteiger partial charge in [0, 0.05) is 32.3 Å². The lowest BCUT2D eigenvalue weighted by Crippen LogP contribution is -2.60. The summed E-state index contributed by atoms with van der Waals surface area (Å²) in [4.78, 5) is 2.61. The number of hydrogen-bond acceptors (Lipinski definition) is 3. The van der Waals surface area contributed by atoms with Crippen LogP contribution in [0.4, 0.5) is 0 Å². The molecule has 0 amide bonds. The normalized spacial score (nSPS) is 33.2. The van der Waals surface area contributed by atoms with Crippen LogP contribution < -0.4 is 5.32 Å². The standard InChI is InChI=1S/C16H24N2O/c1-16(14-6-3-2-4-7-14)13-18(10-9-17-16)15-8-5-11-19-12-15/h2-4,6-7,15,17H,5,8-13H2,1H3. The molecule has 0 aromatic heterocycles. The summed E-state index contributed by atoms with van der Waals surface area (Å²) < 4.78 is 5.65. The third-order valence-electron chi connectivity index (χ3n) is 4.50. The van der Waals surface area contributed by atoms with Crippen molar-refractivity contribution in [1.29, 1.82) is 0 Å². The van der Waals surface area contributed by atoms with Gasteiger partial charge < -0.3 is 10.1 Å². The Morgan fingerprint density at radius 1 is 1.32 bits per heavy atom. The molecule has 0 radical (unpaired) electrons. The van der Waals surface area contributed by atoms with Crippen molar-refractivity contribution in [3.05, 3.63) is 35.9 Å². The molecule has 1 aromatic rings. The highest BCUT2D eigenvalue weighted by molar-refractivity contribution is 5.25. The average molecular weight is 260 g/mol. The van der Waals surface area contributed by atoms with Crippen molar-refractivity contribution in [2.24, 2.45) is 0 Å². The predicted octanol–water partition coefficient (Wildman–Crippen LogP) is 1.99. The number of ether oxygens (including phenoxy) is 1. The molecule has 0 spiro atoms. The summed E-state index contributed by atoms with van der Waals surface area (Å²) in [6.45, 7) is 7.44. The molecule has 2 saturated heterocycles. The molecular formula is C16H24N2O. The summed E-state index contributed by atoms with van der Waals surface area (Å²) in [5, 5.41) is 3.70.